The second-order valence-electron chi connectivity index (χ2n) is 9.00. The number of aliphatic hydroxyl groups excluding tert-OH is 1. The molecule has 0 saturated carbocycles. The zero-order chi connectivity index (χ0) is 26.2. The molecule has 3 amide bonds. The van der Waals surface area contributed by atoms with E-state index in [-0.39, 0.29) is 44.3 Å². The third-order valence-corrected chi connectivity index (χ3v) is 7.35. The molecule has 0 radical (unpaired) electrons. The number of para-hydroxylation sites is 1. The van der Waals surface area contributed by atoms with Crippen LogP contribution in [-0.2, 0) is 20.8 Å². The standard InChI is InChI=1S/C28H32N4O4S/c29-17-22(33)18-30-28(36)23(16-19-9-10-20-5-1-2-6-21(20)15-19)31-26(34)11-13-32-24-7-3-4-8-25(24)37-14-12-27(32)35/h1-10,15,22-23,33H,11-14,16-18,29H2,(H,30,36)(H,31,34). The Balaban J connectivity index is 1.45. The van der Waals surface area contributed by atoms with Crippen molar-refractivity contribution in [3.63, 3.8) is 0 Å². The van der Waals surface area contributed by atoms with Crippen LogP contribution in [-0.4, -0.2) is 60.4 Å². The van der Waals surface area contributed by atoms with E-state index in [4.69, 9.17) is 5.73 Å². The number of benzene rings is 3. The van der Waals surface area contributed by atoms with Gasteiger partial charge in [-0.25, -0.2) is 0 Å². The van der Waals surface area contributed by atoms with Gasteiger partial charge in [0.15, 0.2) is 0 Å². The average molecular weight is 521 g/mol. The molecule has 194 valence electrons. The second kappa shape index (κ2) is 12.7. The van der Waals surface area contributed by atoms with Crippen LogP contribution in [0, 0.1) is 0 Å². The van der Waals surface area contributed by atoms with Crippen LogP contribution in [0.3, 0.4) is 0 Å². The van der Waals surface area contributed by atoms with E-state index in [0.717, 1.165) is 26.9 Å². The minimum Gasteiger partial charge on any atom is -0.390 e. The van der Waals surface area contributed by atoms with Crippen LogP contribution in [0.2, 0.25) is 0 Å². The van der Waals surface area contributed by atoms with Crippen molar-refractivity contribution in [2.45, 2.75) is 36.3 Å². The molecule has 0 spiro atoms. The molecule has 1 aliphatic rings. The number of nitrogens with one attached hydrogen (secondary N) is 2. The molecular weight excluding hydrogens is 488 g/mol. The van der Waals surface area contributed by atoms with Crippen molar-refractivity contribution in [2.24, 2.45) is 5.73 Å². The van der Waals surface area contributed by atoms with Crippen molar-refractivity contribution in [1.82, 2.24) is 10.6 Å². The highest BCUT2D eigenvalue weighted by atomic mass is 32.2. The molecule has 5 N–H and O–H groups in total. The monoisotopic (exact) mass is 520 g/mol. The number of nitrogens with zero attached hydrogens (tertiary/aromatic N) is 1. The summed E-state index contributed by atoms with van der Waals surface area (Å²) in [6.07, 6.45) is -0.133. The number of rotatable bonds is 10. The molecule has 0 saturated heterocycles. The van der Waals surface area contributed by atoms with Crippen LogP contribution >= 0.6 is 11.8 Å². The molecule has 0 bridgehead atoms. The molecule has 8 nitrogen and oxygen atoms in total. The summed E-state index contributed by atoms with van der Waals surface area (Å²) in [7, 11) is 0. The predicted molar refractivity (Wildman–Crippen MR) is 146 cm³/mol. The lowest BCUT2D eigenvalue weighted by Gasteiger charge is -2.24. The first-order valence-electron chi connectivity index (χ1n) is 12.4. The molecule has 9 heteroatoms. The maximum absolute atomic E-state index is 13.0. The molecule has 3 aromatic rings. The Hall–Kier alpha value is -3.40. The fraction of sp³-hybridized carbons (Fsp3) is 0.321. The first kappa shape index (κ1) is 26.7. The molecule has 3 aromatic carbocycles. The van der Waals surface area contributed by atoms with Gasteiger partial charge in [-0.3, -0.25) is 14.4 Å². The molecule has 4 rings (SSSR count). The Bertz CT molecular complexity index is 1270. The van der Waals surface area contributed by atoms with E-state index in [1.807, 2.05) is 66.7 Å². The molecule has 2 atom stereocenters. The Kier molecular flexibility index (Phi) is 9.16. The number of carbonyl (C=O) groups excluding carboxylic acids is 3. The van der Waals surface area contributed by atoms with E-state index in [1.165, 1.54) is 0 Å². The fourth-order valence-electron chi connectivity index (χ4n) is 4.28. The molecule has 0 aliphatic carbocycles. The SMILES string of the molecule is NCC(O)CNC(=O)C(Cc1ccc2ccccc2c1)NC(=O)CCN1C(=O)CCSc2ccccc21. The molecule has 0 aromatic heterocycles. The van der Waals surface area contributed by atoms with Crippen LogP contribution in [0.1, 0.15) is 18.4 Å². The summed E-state index contributed by atoms with van der Waals surface area (Å²) in [6, 6.07) is 20.7. The van der Waals surface area contributed by atoms with Crippen molar-refractivity contribution < 1.29 is 19.5 Å². The highest BCUT2D eigenvalue weighted by Crippen LogP contribution is 2.34. The number of amides is 3. The molecule has 0 fully saturated rings. The molecule has 2 unspecified atom stereocenters. The molecule has 1 aliphatic heterocycles. The fourth-order valence-corrected chi connectivity index (χ4v) is 5.28. The van der Waals surface area contributed by atoms with Gasteiger partial charge in [0.2, 0.25) is 17.7 Å². The van der Waals surface area contributed by atoms with Crippen molar-refractivity contribution in [1.29, 1.82) is 0 Å². The van der Waals surface area contributed by atoms with E-state index in [0.29, 0.717) is 12.2 Å². The van der Waals surface area contributed by atoms with Gasteiger partial charge >= 0.3 is 0 Å². The van der Waals surface area contributed by atoms with Crippen molar-refractivity contribution in [3.8, 4) is 0 Å². The minimum atomic E-state index is -0.868. The summed E-state index contributed by atoms with van der Waals surface area (Å²) in [4.78, 5) is 41.4. The zero-order valence-corrected chi connectivity index (χ0v) is 21.4. The van der Waals surface area contributed by atoms with Crippen LogP contribution in [0.15, 0.2) is 71.6 Å². The average Bonchev–Trinajstić information content (AvgIpc) is 3.07. The van der Waals surface area contributed by atoms with E-state index in [2.05, 4.69) is 10.6 Å². The van der Waals surface area contributed by atoms with Gasteiger partial charge < -0.3 is 26.4 Å². The van der Waals surface area contributed by atoms with Gasteiger partial charge in [0.05, 0.1) is 11.8 Å². The molecule has 37 heavy (non-hydrogen) atoms. The Morgan fingerprint density at radius 3 is 2.62 bits per heavy atom. The van der Waals surface area contributed by atoms with Crippen molar-refractivity contribution in [2.75, 3.05) is 30.3 Å². The van der Waals surface area contributed by atoms with E-state index in [9.17, 15) is 19.5 Å². The molecular formula is C28H32N4O4S. The van der Waals surface area contributed by atoms with Gasteiger partial charge in [0, 0.05) is 49.5 Å². The maximum atomic E-state index is 13.0. The summed E-state index contributed by atoms with van der Waals surface area (Å²) in [5, 5.41) is 17.4. The van der Waals surface area contributed by atoms with Crippen LogP contribution in [0.5, 0.6) is 0 Å². The van der Waals surface area contributed by atoms with Crippen LogP contribution in [0.25, 0.3) is 10.8 Å². The summed E-state index contributed by atoms with van der Waals surface area (Å²) in [5.41, 5.74) is 7.16. The van der Waals surface area contributed by atoms with Crippen molar-refractivity contribution >= 4 is 45.9 Å². The predicted octanol–water partition coefficient (Wildman–Crippen LogP) is 2.22. The normalized spacial score (nSPS) is 15.0. The van der Waals surface area contributed by atoms with Crippen molar-refractivity contribution in [3.05, 3.63) is 72.3 Å². The highest BCUT2D eigenvalue weighted by Gasteiger charge is 2.25. The van der Waals surface area contributed by atoms with Gasteiger partial charge in [-0.15, -0.1) is 11.8 Å². The molecule has 1 heterocycles. The summed E-state index contributed by atoms with van der Waals surface area (Å²) < 4.78 is 0. The lowest BCUT2D eigenvalue weighted by Crippen LogP contribution is -2.50. The quantitative estimate of drug-likeness (QED) is 0.325. The van der Waals surface area contributed by atoms with E-state index < -0.39 is 18.1 Å². The Morgan fingerprint density at radius 1 is 1.05 bits per heavy atom. The highest BCUT2D eigenvalue weighted by molar-refractivity contribution is 7.99. The zero-order valence-electron chi connectivity index (χ0n) is 20.6. The number of fused-ring (bicyclic) bond motifs is 2. The topological polar surface area (TPSA) is 125 Å². The first-order valence-corrected chi connectivity index (χ1v) is 13.4. The third kappa shape index (κ3) is 7.09. The Labute approximate surface area is 220 Å². The Morgan fingerprint density at radius 2 is 1.81 bits per heavy atom. The number of anilines is 1. The number of aliphatic hydroxyl groups is 1. The number of nitrogens with two attached hydrogens (primary N) is 1. The third-order valence-electron chi connectivity index (χ3n) is 6.28. The number of hydrogen-bond donors (Lipinski definition) is 4. The van der Waals surface area contributed by atoms with Gasteiger partial charge in [0.1, 0.15) is 6.04 Å². The largest absolute Gasteiger partial charge is 0.390 e. The second-order valence-corrected chi connectivity index (χ2v) is 10.1. The van der Waals surface area contributed by atoms with Gasteiger partial charge in [0.25, 0.3) is 0 Å². The first-order chi connectivity index (χ1) is 17.9. The maximum Gasteiger partial charge on any atom is 0.243 e. The summed E-state index contributed by atoms with van der Waals surface area (Å²) in [6.45, 7) is 0.236. The van der Waals surface area contributed by atoms with Crippen LogP contribution < -0.4 is 21.3 Å². The van der Waals surface area contributed by atoms with Crippen LogP contribution in [0.4, 0.5) is 5.69 Å². The van der Waals surface area contributed by atoms with E-state index >= 15 is 0 Å². The lowest BCUT2D eigenvalue weighted by molar-refractivity contribution is -0.129. The summed E-state index contributed by atoms with van der Waals surface area (Å²) >= 11 is 1.63. The van der Waals surface area contributed by atoms with Gasteiger partial charge in [-0.1, -0.05) is 54.6 Å². The number of hydrogen-bond acceptors (Lipinski definition) is 6. The van der Waals surface area contributed by atoms with Gasteiger partial charge in [-0.05, 0) is 28.5 Å². The lowest BCUT2D eigenvalue weighted by atomic mass is 10.0. The smallest absolute Gasteiger partial charge is 0.243 e. The van der Waals surface area contributed by atoms with E-state index in [1.54, 1.807) is 16.7 Å². The summed E-state index contributed by atoms with van der Waals surface area (Å²) in [5.74, 6) is -0.0585. The van der Waals surface area contributed by atoms with Gasteiger partial charge in [-0.2, -0.15) is 0 Å². The number of thioether (sulfide) groups is 1. The minimum absolute atomic E-state index is 0.00382. The number of carbonyl (C=O) groups is 3.